The van der Waals surface area contributed by atoms with E-state index < -0.39 is 21.8 Å². The number of benzene rings is 1. The van der Waals surface area contributed by atoms with E-state index >= 15 is 0 Å². The van der Waals surface area contributed by atoms with Crippen LogP contribution in [0.4, 0.5) is 5.69 Å². The Balaban J connectivity index is 1.75. The molecule has 1 heterocycles. The van der Waals surface area contributed by atoms with Gasteiger partial charge in [0.1, 0.15) is 5.75 Å². The van der Waals surface area contributed by atoms with Gasteiger partial charge in [-0.2, -0.15) is 0 Å². The highest BCUT2D eigenvalue weighted by molar-refractivity contribution is 7.88. The molecule has 0 radical (unpaired) electrons. The van der Waals surface area contributed by atoms with E-state index in [2.05, 4.69) is 10.6 Å². The van der Waals surface area contributed by atoms with Gasteiger partial charge < -0.3 is 15.4 Å². The lowest BCUT2D eigenvalue weighted by Gasteiger charge is -2.30. The number of anilines is 1. The predicted octanol–water partition coefficient (Wildman–Crippen LogP) is 0.812. The fraction of sp³-hybridized carbons (Fsp3) is 0.529. The van der Waals surface area contributed by atoms with E-state index in [1.165, 1.54) is 10.6 Å². The molecular weight excluding hydrogens is 358 g/mol. The average molecular weight is 383 g/mol. The zero-order chi connectivity index (χ0) is 19.2. The fourth-order valence-electron chi connectivity index (χ4n) is 2.75. The molecule has 8 nitrogen and oxygen atoms in total. The molecule has 0 unspecified atom stereocenters. The lowest BCUT2D eigenvalue weighted by Crippen LogP contribution is -2.43. The molecule has 0 saturated carbocycles. The molecule has 0 atom stereocenters. The van der Waals surface area contributed by atoms with Gasteiger partial charge >= 0.3 is 11.8 Å². The van der Waals surface area contributed by atoms with Gasteiger partial charge in [-0.1, -0.05) is 0 Å². The summed E-state index contributed by atoms with van der Waals surface area (Å²) in [6.45, 7) is 3.67. The van der Waals surface area contributed by atoms with Gasteiger partial charge in [0.15, 0.2) is 0 Å². The number of piperidine rings is 1. The number of rotatable bonds is 6. The number of ether oxygens (including phenoxy) is 1. The Hall–Kier alpha value is -2.13. The number of amides is 2. The van der Waals surface area contributed by atoms with Crippen LogP contribution in [0.3, 0.4) is 0 Å². The Kier molecular flexibility index (Phi) is 6.98. The van der Waals surface area contributed by atoms with E-state index in [9.17, 15) is 18.0 Å². The summed E-state index contributed by atoms with van der Waals surface area (Å²) in [5.74, 6) is -0.585. The number of carbonyl (C=O) groups excluding carboxylic acids is 2. The van der Waals surface area contributed by atoms with Crippen molar-refractivity contribution in [1.82, 2.24) is 9.62 Å². The third-order valence-electron chi connectivity index (χ3n) is 4.22. The standard InChI is InChI=1S/C17H25N3O5S/c1-3-25-15-6-4-14(5-7-15)19-17(22)16(21)18-12-13-8-10-20(11-9-13)26(2,23)24/h4-7,13H,3,8-12H2,1-2H3,(H,18,21)(H,19,22). The van der Waals surface area contributed by atoms with E-state index in [0.29, 0.717) is 50.5 Å². The van der Waals surface area contributed by atoms with Crippen LogP contribution >= 0.6 is 0 Å². The molecule has 1 aliphatic heterocycles. The maximum Gasteiger partial charge on any atom is 0.313 e. The summed E-state index contributed by atoms with van der Waals surface area (Å²) in [7, 11) is -3.16. The minimum atomic E-state index is -3.16. The van der Waals surface area contributed by atoms with Gasteiger partial charge in [-0.15, -0.1) is 0 Å². The third-order valence-corrected chi connectivity index (χ3v) is 5.53. The number of carbonyl (C=O) groups is 2. The molecule has 2 N–H and O–H groups in total. The zero-order valence-electron chi connectivity index (χ0n) is 15.0. The van der Waals surface area contributed by atoms with Crippen molar-refractivity contribution in [2.75, 3.05) is 37.8 Å². The van der Waals surface area contributed by atoms with E-state index in [1.54, 1.807) is 24.3 Å². The van der Waals surface area contributed by atoms with Crippen LogP contribution in [0.25, 0.3) is 0 Å². The Morgan fingerprint density at radius 2 is 1.77 bits per heavy atom. The van der Waals surface area contributed by atoms with Gasteiger partial charge in [0.25, 0.3) is 0 Å². The Labute approximate surface area is 153 Å². The SMILES string of the molecule is CCOc1ccc(NC(=O)C(=O)NCC2CCN(S(C)(=O)=O)CC2)cc1. The maximum absolute atomic E-state index is 11.9. The van der Waals surface area contributed by atoms with Crippen molar-refractivity contribution in [1.29, 1.82) is 0 Å². The Morgan fingerprint density at radius 1 is 1.15 bits per heavy atom. The quantitative estimate of drug-likeness (QED) is 0.708. The van der Waals surface area contributed by atoms with Crippen molar-refractivity contribution in [3.8, 4) is 5.75 Å². The van der Waals surface area contributed by atoms with Crippen LogP contribution in [0, 0.1) is 5.92 Å². The molecule has 0 aliphatic carbocycles. The van der Waals surface area contributed by atoms with Crippen LogP contribution in [-0.4, -0.2) is 57.0 Å². The normalized spacial score (nSPS) is 16.1. The minimum Gasteiger partial charge on any atom is -0.494 e. The number of sulfonamides is 1. The zero-order valence-corrected chi connectivity index (χ0v) is 15.8. The highest BCUT2D eigenvalue weighted by atomic mass is 32.2. The van der Waals surface area contributed by atoms with Gasteiger partial charge in [0.05, 0.1) is 12.9 Å². The van der Waals surface area contributed by atoms with E-state index in [4.69, 9.17) is 4.74 Å². The van der Waals surface area contributed by atoms with Gasteiger partial charge in [-0.3, -0.25) is 9.59 Å². The molecule has 9 heteroatoms. The second-order valence-corrected chi connectivity index (χ2v) is 8.21. The second kappa shape index (κ2) is 9.00. The monoisotopic (exact) mass is 383 g/mol. The lowest BCUT2D eigenvalue weighted by atomic mass is 9.98. The number of hydrogen-bond acceptors (Lipinski definition) is 5. The topological polar surface area (TPSA) is 105 Å². The first-order chi connectivity index (χ1) is 12.3. The molecule has 0 bridgehead atoms. The summed E-state index contributed by atoms with van der Waals surface area (Å²) >= 11 is 0. The van der Waals surface area contributed by atoms with Crippen molar-refractivity contribution in [3.05, 3.63) is 24.3 Å². The predicted molar refractivity (Wildman–Crippen MR) is 98.4 cm³/mol. The lowest BCUT2D eigenvalue weighted by molar-refractivity contribution is -0.136. The Morgan fingerprint density at radius 3 is 2.31 bits per heavy atom. The molecule has 144 valence electrons. The summed E-state index contributed by atoms with van der Waals surface area (Å²) < 4.78 is 29.7. The van der Waals surface area contributed by atoms with Gasteiger partial charge in [-0.05, 0) is 49.9 Å². The summed E-state index contributed by atoms with van der Waals surface area (Å²) in [5.41, 5.74) is 0.509. The van der Waals surface area contributed by atoms with Crippen LogP contribution in [0.5, 0.6) is 5.75 Å². The largest absolute Gasteiger partial charge is 0.494 e. The number of nitrogens with one attached hydrogen (secondary N) is 2. The van der Waals surface area contributed by atoms with Gasteiger partial charge in [0, 0.05) is 25.3 Å². The number of hydrogen-bond donors (Lipinski definition) is 2. The van der Waals surface area contributed by atoms with Crippen LogP contribution in [0.15, 0.2) is 24.3 Å². The third kappa shape index (κ3) is 5.99. The molecule has 1 aromatic carbocycles. The van der Waals surface area contributed by atoms with Crippen LogP contribution in [0.1, 0.15) is 19.8 Å². The summed E-state index contributed by atoms with van der Waals surface area (Å²) in [6.07, 6.45) is 2.52. The van der Waals surface area contributed by atoms with Crippen molar-refractivity contribution in [3.63, 3.8) is 0 Å². The summed E-state index contributed by atoms with van der Waals surface area (Å²) in [6, 6.07) is 6.76. The summed E-state index contributed by atoms with van der Waals surface area (Å²) in [5, 5.41) is 5.15. The van der Waals surface area contributed by atoms with E-state index in [-0.39, 0.29) is 5.92 Å². The summed E-state index contributed by atoms with van der Waals surface area (Å²) in [4.78, 5) is 23.9. The first-order valence-corrected chi connectivity index (χ1v) is 10.4. The number of nitrogens with zero attached hydrogens (tertiary/aromatic N) is 1. The smallest absolute Gasteiger partial charge is 0.313 e. The van der Waals surface area contributed by atoms with E-state index in [1.807, 2.05) is 6.92 Å². The molecule has 0 aromatic heterocycles. The molecule has 2 amide bonds. The van der Waals surface area contributed by atoms with Crippen molar-refractivity contribution in [2.24, 2.45) is 5.92 Å². The van der Waals surface area contributed by atoms with Crippen molar-refractivity contribution < 1.29 is 22.7 Å². The van der Waals surface area contributed by atoms with Crippen molar-refractivity contribution in [2.45, 2.75) is 19.8 Å². The van der Waals surface area contributed by atoms with E-state index in [0.717, 1.165) is 0 Å². The first-order valence-electron chi connectivity index (χ1n) is 8.56. The molecule has 1 aliphatic rings. The Bertz CT molecular complexity index is 725. The maximum atomic E-state index is 11.9. The van der Waals surface area contributed by atoms with Crippen LogP contribution in [-0.2, 0) is 19.6 Å². The molecule has 26 heavy (non-hydrogen) atoms. The van der Waals surface area contributed by atoms with Crippen LogP contribution in [0.2, 0.25) is 0 Å². The fourth-order valence-corrected chi connectivity index (χ4v) is 3.63. The first kappa shape index (κ1) is 20.2. The molecule has 1 saturated heterocycles. The highest BCUT2D eigenvalue weighted by Gasteiger charge is 2.25. The molecule has 1 fully saturated rings. The average Bonchev–Trinajstić information content (AvgIpc) is 2.61. The molecule has 0 spiro atoms. The van der Waals surface area contributed by atoms with Crippen LogP contribution < -0.4 is 15.4 Å². The second-order valence-electron chi connectivity index (χ2n) is 6.23. The highest BCUT2D eigenvalue weighted by Crippen LogP contribution is 2.18. The molecule has 1 aromatic rings. The van der Waals surface area contributed by atoms with Gasteiger partial charge in [0.2, 0.25) is 10.0 Å². The molecule has 2 rings (SSSR count). The minimum absolute atomic E-state index is 0.162. The van der Waals surface area contributed by atoms with Gasteiger partial charge in [-0.25, -0.2) is 12.7 Å². The molecular formula is C17H25N3O5S. The van der Waals surface area contributed by atoms with Crippen molar-refractivity contribution >= 4 is 27.5 Å².